The minimum Gasteiger partial charge on any atom is -0.497 e. The molecule has 4 rings (SSSR count). The van der Waals surface area contributed by atoms with Crippen LogP contribution in [0.5, 0.6) is 11.5 Å². The minimum absolute atomic E-state index is 0.227. The number of fused-ring (bicyclic) bond motifs is 1. The number of hydrogen-bond donors (Lipinski definition) is 2. The third-order valence-electron chi connectivity index (χ3n) is 5.62. The van der Waals surface area contributed by atoms with E-state index in [-0.39, 0.29) is 5.91 Å². The van der Waals surface area contributed by atoms with E-state index in [1.54, 1.807) is 18.9 Å². The Morgan fingerprint density at radius 2 is 1.94 bits per heavy atom. The molecule has 0 saturated carbocycles. The van der Waals surface area contributed by atoms with Gasteiger partial charge >= 0.3 is 0 Å². The van der Waals surface area contributed by atoms with E-state index in [1.807, 2.05) is 57.2 Å². The van der Waals surface area contributed by atoms with Crippen molar-refractivity contribution in [2.45, 2.75) is 26.8 Å². The summed E-state index contributed by atoms with van der Waals surface area (Å²) in [6.07, 6.45) is 1.46. The highest BCUT2D eigenvalue weighted by molar-refractivity contribution is 6.06. The van der Waals surface area contributed by atoms with Crippen LogP contribution >= 0.6 is 0 Å². The number of rotatable bonds is 5. The van der Waals surface area contributed by atoms with Gasteiger partial charge in [-0.3, -0.25) is 4.79 Å². The van der Waals surface area contributed by atoms with Crippen LogP contribution in [0, 0.1) is 13.8 Å². The molecule has 3 aromatic rings. The van der Waals surface area contributed by atoms with Crippen LogP contribution in [0.25, 0.3) is 0 Å². The molecule has 0 spiro atoms. The van der Waals surface area contributed by atoms with Crippen LogP contribution in [0.4, 0.5) is 11.6 Å². The number of nitrogens with one attached hydrogen (secondary N) is 2. The van der Waals surface area contributed by atoms with Crippen LogP contribution in [0.15, 0.2) is 54.0 Å². The second-order valence-corrected chi connectivity index (χ2v) is 7.40. The summed E-state index contributed by atoms with van der Waals surface area (Å²) >= 11 is 0. The maximum Gasteiger partial charge on any atom is 0.255 e. The lowest BCUT2D eigenvalue weighted by Crippen LogP contribution is -2.32. The number of nitrogens with zero attached hydrogens (tertiary/aromatic N) is 3. The number of benzene rings is 2. The van der Waals surface area contributed by atoms with Gasteiger partial charge in [-0.15, -0.1) is 0 Å². The van der Waals surface area contributed by atoms with Gasteiger partial charge in [-0.05, 0) is 56.2 Å². The molecule has 2 N–H and O–H groups in total. The zero-order valence-corrected chi connectivity index (χ0v) is 18.2. The largest absolute Gasteiger partial charge is 0.497 e. The van der Waals surface area contributed by atoms with E-state index < -0.39 is 6.04 Å². The van der Waals surface area contributed by atoms with Gasteiger partial charge in [0.15, 0.2) is 0 Å². The number of aromatic nitrogens is 3. The second kappa shape index (κ2) is 8.14. The fraction of sp³-hybridized carbons (Fsp3) is 0.261. The van der Waals surface area contributed by atoms with Crippen molar-refractivity contribution in [1.29, 1.82) is 0 Å². The molecule has 0 radical (unpaired) electrons. The summed E-state index contributed by atoms with van der Waals surface area (Å²) in [5.41, 5.74) is 4.86. The van der Waals surface area contributed by atoms with Gasteiger partial charge in [0.05, 0.1) is 19.8 Å². The number of allylic oxidation sites excluding steroid dienone is 1. The predicted octanol–water partition coefficient (Wildman–Crippen LogP) is 3.84. The number of hydrogen-bond acceptors (Lipinski definition) is 6. The van der Waals surface area contributed by atoms with Crippen molar-refractivity contribution in [3.8, 4) is 11.5 Å². The van der Waals surface area contributed by atoms with E-state index in [2.05, 4.69) is 20.7 Å². The van der Waals surface area contributed by atoms with E-state index in [9.17, 15) is 4.79 Å². The Hall–Kier alpha value is -3.81. The van der Waals surface area contributed by atoms with Gasteiger partial charge in [-0.2, -0.15) is 10.1 Å². The van der Waals surface area contributed by atoms with Crippen LogP contribution in [-0.4, -0.2) is 34.9 Å². The first kappa shape index (κ1) is 20.5. The fourth-order valence-electron chi connectivity index (χ4n) is 3.80. The molecule has 1 aliphatic rings. The van der Waals surface area contributed by atoms with Crippen LogP contribution in [-0.2, 0) is 4.79 Å². The summed E-state index contributed by atoms with van der Waals surface area (Å²) in [5, 5.41) is 10.6. The lowest BCUT2D eigenvalue weighted by Gasteiger charge is -2.30. The van der Waals surface area contributed by atoms with Crippen LogP contribution in [0.1, 0.15) is 29.7 Å². The lowest BCUT2D eigenvalue weighted by atomic mass is 9.93. The molecule has 0 saturated heterocycles. The summed E-state index contributed by atoms with van der Waals surface area (Å²) in [6, 6.07) is 10.8. The van der Waals surface area contributed by atoms with Crippen molar-refractivity contribution in [2.24, 2.45) is 0 Å². The number of aryl methyl sites for hydroxylation is 1. The minimum atomic E-state index is -0.547. The van der Waals surface area contributed by atoms with Gasteiger partial charge in [0, 0.05) is 16.9 Å². The SMILES string of the molecule is COc1ccc(OC)c(C2C(C(=O)Nc3cccc(C)c3C)=C(C)Nc3ncnn32)c1. The maximum absolute atomic E-state index is 13.6. The van der Waals surface area contributed by atoms with E-state index in [4.69, 9.17) is 9.47 Å². The fourth-order valence-corrected chi connectivity index (χ4v) is 3.80. The first-order valence-corrected chi connectivity index (χ1v) is 9.91. The van der Waals surface area contributed by atoms with E-state index in [0.29, 0.717) is 28.7 Å². The number of anilines is 2. The number of methoxy groups -OCH3 is 2. The van der Waals surface area contributed by atoms with Gasteiger partial charge in [0.1, 0.15) is 23.9 Å². The molecule has 0 bridgehead atoms. The molecule has 1 atom stereocenters. The highest BCUT2D eigenvalue weighted by Crippen LogP contribution is 2.40. The molecule has 1 aliphatic heterocycles. The first-order valence-electron chi connectivity index (χ1n) is 9.91. The lowest BCUT2D eigenvalue weighted by molar-refractivity contribution is -0.113. The molecule has 2 aromatic carbocycles. The third-order valence-corrected chi connectivity index (χ3v) is 5.62. The summed E-state index contributed by atoms with van der Waals surface area (Å²) in [7, 11) is 3.20. The molecule has 1 aromatic heterocycles. The first-order chi connectivity index (χ1) is 14.9. The quantitative estimate of drug-likeness (QED) is 0.653. The molecule has 31 heavy (non-hydrogen) atoms. The average molecular weight is 419 g/mol. The molecular formula is C23H25N5O3. The van der Waals surface area contributed by atoms with E-state index in [1.165, 1.54) is 6.33 Å². The van der Waals surface area contributed by atoms with Crippen LogP contribution < -0.4 is 20.1 Å². The monoisotopic (exact) mass is 419 g/mol. The molecule has 1 amide bonds. The van der Waals surface area contributed by atoms with Gasteiger partial charge in [0.25, 0.3) is 5.91 Å². The molecule has 8 heteroatoms. The smallest absolute Gasteiger partial charge is 0.255 e. The number of ether oxygens (including phenoxy) is 2. The summed E-state index contributed by atoms with van der Waals surface area (Å²) < 4.78 is 12.7. The standard InChI is InChI=1S/C23H25N5O3/c1-13-7-6-8-18(14(13)2)27-22(29)20-15(3)26-23-24-12-25-28(23)21(20)17-11-16(30-4)9-10-19(17)31-5/h6-12,21H,1-5H3,(H,27,29)(H,24,25,26). The average Bonchev–Trinajstić information content (AvgIpc) is 3.23. The van der Waals surface area contributed by atoms with Gasteiger partial charge in [0.2, 0.25) is 5.95 Å². The molecule has 0 fully saturated rings. The van der Waals surface area contributed by atoms with Crippen molar-refractivity contribution in [3.63, 3.8) is 0 Å². The van der Waals surface area contributed by atoms with Crippen LogP contribution in [0.2, 0.25) is 0 Å². The molecule has 8 nitrogen and oxygen atoms in total. The van der Waals surface area contributed by atoms with Gasteiger partial charge < -0.3 is 20.1 Å². The van der Waals surface area contributed by atoms with E-state index >= 15 is 0 Å². The predicted molar refractivity (Wildman–Crippen MR) is 119 cm³/mol. The Kier molecular flexibility index (Phi) is 5.37. The summed E-state index contributed by atoms with van der Waals surface area (Å²) in [4.78, 5) is 17.9. The Balaban J connectivity index is 1.84. The molecule has 1 unspecified atom stereocenters. The number of amides is 1. The Morgan fingerprint density at radius 1 is 1.13 bits per heavy atom. The van der Waals surface area contributed by atoms with Gasteiger partial charge in [-0.25, -0.2) is 4.68 Å². The second-order valence-electron chi connectivity index (χ2n) is 7.40. The zero-order chi connectivity index (χ0) is 22.1. The normalized spacial score (nSPS) is 15.2. The van der Waals surface area contributed by atoms with Crippen molar-refractivity contribution in [1.82, 2.24) is 14.8 Å². The number of carbonyl (C=O) groups is 1. The van der Waals surface area contributed by atoms with Crippen LogP contribution in [0.3, 0.4) is 0 Å². The highest BCUT2D eigenvalue weighted by Gasteiger charge is 2.35. The maximum atomic E-state index is 13.6. The van der Waals surface area contributed by atoms with E-state index in [0.717, 1.165) is 22.4 Å². The number of carbonyl (C=O) groups excluding carboxylic acids is 1. The van der Waals surface area contributed by atoms with Crippen molar-refractivity contribution in [2.75, 3.05) is 24.9 Å². The van der Waals surface area contributed by atoms with Crippen molar-refractivity contribution in [3.05, 3.63) is 70.7 Å². The van der Waals surface area contributed by atoms with Crippen molar-refractivity contribution < 1.29 is 14.3 Å². The third kappa shape index (κ3) is 3.61. The molecular weight excluding hydrogens is 394 g/mol. The molecule has 160 valence electrons. The van der Waals surface area contributed by atoms with Crippen molar-refractivity contribution >= 4 is 17.5 Å². The topological polar surface area (TPSA) is 90.3 Å². The summed E-state index contributed by atoms with van der Waals surface area (Å²) in [5.74, 6) is 1.60. The Morgan fingerprint density at radius 3 is 2.68 bits per heavy atom. The Bertz CT molecular complexity index is 1180. The molecule has 0 aliphatic carbocycles. The molecule has 2 heterocycles. The Labute approximate surface area is 180 Å². The summed E-state index contributed by atoms with van der Waals surface area (Å²) in [6.45, 7) is 5.86. The zero-order valence-electron chi connectivity index (χ0n) is 18.2. The highest BCUT2D eigenvalue weighted by atomic mass is 16.5. The van der Waals surface area contributed by atoms with Gasteiger partial charge in [-0.1, -0.05) is 12.1 Å².